The van der Waals surface area contributed by atoms with Gasteiger partial charge in [0, 0.05) is 18.1 Å². The highest BCUT2D eigenvalue weighted by molar-refractivity contribution is 6.31. The number of imidazole rings is 1. The van der Waals surface area contributed by atoms with E-state index in [1.54, 1.807) is 0 Å². The molecular weight excluding hydrogens is 374 g/mol. The van der Waals surface area contributed by atoms with Crippen LogP contribution in [0.15, 0.2) is 42.5 Å². The van der Waals surface area contributed by atoms with Crippen molar-refractivity contribution in [2.45, 2.75) is 26.4 Å². The van der Waals surface area contributed by atoms with Crippen LogP contribution in [0, 0.1) is 6.92 Å². The predicted molar refractivity (Wildman–Crippen MR) is 112 cm³/mol. The Labute approximate surface area is 170 Å². The zero-order chi connectivity index (χ0) is 19.5. The van der Waals surface area contributed by atoms with Gasteiger partial charge in [0.25, 0.3) is 0 Å². The summed E-state index contributed by atoms with van der Waals surface area (Å²) in [4.78, 5) is 7.38. The minimum Gasteiger partial charge on any atom is -0.492 e. The average molecular weight is 400 g/mol. The van der Waals surface area contributed by atoms with Crippen molar-refractivity contribution in [3.05, 3.63) is 58.9 Å². The van der Waals surface area contributed by atoms with Crippen molar-refractivity contribution in [2.24, 2.45) is 0 Å². The molecule has 1 unspecified atom stereocenters. The Morgan fingerprint density at radius 2 is 1.96 bits per heavy atom. The molecule has 0 radical (unpaired) electrons. The maximum absolute atomic E-state index is 6.11. The van der Waals surface area contributed by atoms with Gasteiger partial charge in [0.1, 0.15) is 18.2 Å². The molecule has 2 heterocycles. The van der Waals surface area contributed by atoms with Crippen LogP contribution in [-0.4, -0.2) is 47.4 Å². The van der Waals surface area contributed by atoms with Gasteiger partial charge in [-0.05, 0) is 49.7 Å². The number of ether oxygens (including phenoxy) is 2. The molecule has 1 atom stereocenters. The third kappa shape index (κ3) is 4.02. The molecule has 0 aliphatic carbocycles. The second-order valence-corrected chi connectivity index (χ2v) is 7.60. The molecular formula is C22H26ClN3O2. The first-order valence-corrected chi connectivity index (χ1v) is 10.2. The lowest BCUT2D eigenvalue weighted by Gasteiger charge is -2.32. The highest BCUT2D eigenvalue weighted by Crippen LogP contribution is 2.26. The quantitative estimate of drug-likeness (QED) is 0.613. The van der Waals surface area contributed by atoms with Gasteiger partial charge in [0.05, 0.1) is 36.8 Å². The van der Waals surface area contributed by atoms with E-state index in [4.69, 9.17) is 26.1 Å². The van der Waals surface area contributed by atoms with Gasteiger partial charge in [0.2, 0.25) is 0 Å². The zero-order valence-corrected chi connectivity index (χ0v) is 17.2. The highest BCUT2D eigenvalue weighted by Gasteiger charge is 2.24. The smallest absolute Gasteiger partial charge is 0.127 e. The van der Waals surface area contributed by atoms with Crippen LogP contribution >= 0.6 is 11.6 Å². The molecule has 3 aromatic rings. The monoisotopic (exact) mass is 399 g/mol. The van der Waals surface area contributed by atoms with Gasteiger partial charge < -0.3 is 14.0 Å². The summed E-state index contributed by atoms with van der Waals surface area (Å²) in [6.07, 6.45) is 0. The predicted octanol–water partition coefficient (Wildman–Crippen LogP) is 4.47. The number of hydrogen-bond donors (Lipinski definition) is 0. The first-order valence-electron chi connectivity index (χ1n) is 9.79. The number of rotatable bonds is 6. The molecule has 1 aromatic heterocycles. The van der Waals surface area contributed by atoms with Crippen molar-refractivity contribution in [1.82, 2.24) is 14.5 Å². The number of halogens is 1. The Morgan fingerprint density at radius 3 is 2.75 bits per heavy atom. The maximum Gasteiger partial charge on any atom is 0.127 e. The molecule has 6 heteroatoms. The molecule has 0 saturated carbocycles. The Kier molecular flexibility index (Phi) is 5.85. The van der Waals surface area contributed by atoms with Crippen LogP contribution in [0.2, 0.25) is 5.02 Å². The number of aromatic nitrogens is 2. The lowest BCUT2D eigenvalue weighted by atomic mass is 10.2. The van der Waals surface area contributed by atoms with E-state index in [0.29, 0.717) is 6.61 Å². The van der Waals surface area contributed by atoms with Crippen LogP contribution in [0.25, 0.3) is 11.0 Å². The van der Waals surface area contributed by atoms with Gasteiger partial charge in [-0.15, -0.1) is 0 Å². The molecule has 148 valence electrons. The highest BCUT2D eigenvalue weighted by atomic mass is 35.5. The SMILES string of the molecule is Cc1cc(OCCn2c(C(C)N3CCOCC3)nc3ccccc32)ccc1Cl. The Hall–Kier alpha value is -2.08. The second kappa shape index (κ2) is 8.52. The lowest BCUT2D eigenvalue weighted by Crippen LogP contribution is -2.39. The molecule has 0 bridgehead atoms. The van der Waals surface area contributed by atoms with Crippen molar-refractivity contribution in [3.63, 3.8) is 0 Å². The number of hydrogen-bond acceptors (Lipinski definition) is 4. The molecule has 1 fully saturated rings. The minimum absolute atomic E-state index is 0.231. The van der Waals surface area contributed by atoms with Crippen LogP contribution in [0.4, 0.5) is 0 Å². The number of fused-ring (bicyclic) bond motifs is 1. The number of para-hydroxylation sites is 2. The summed E-state index contributed by atoms with van der Waals surface area (Å²) in [6.45, 7) is 8.96. The lowest BCUT2D eigenvalue weighted by molar-refractivity contribution is 0.0175. The summed E-state index contributed by atoms with van der Waals surface area (Å²) in [5.41, 5.74) is 3.20. The zero-order valence-electron chi connectivity index (χ0n) is 16.4. The summed E-state index contributed by atoms with van der Waals surface area (Å²) in [7, 11) is 0. The molecule has 1 aliphatic heterocycles. The van der Waals surface area contributed by atoms with Crippen molar-refractivity contribution in [2.75, 3.05) is 32.9 Å². The fourth-order valence-corrected chi connectivity index (χ4v) is 3.86. The summed E-state index contributed by atoms with van der Waals surface area (Å²) >= 11 is 6.11. The van der Waals surface area contributed by atoms with E-state index in [1.165, 1.54) is 0 Å². The van der Waals surface area contributed by atoms with Crippen LogP contribution in [-0.2, 0) is 11.3 Å². The van der Waals surface area contributed by atoms with Gasteiger partial charge >= 0.3 is 0 Å². The Bertz CT molecular complexity index is 950. The number of morpholine rings is 1. The van der Waals surface area contributed by atoms with Crippen LogP contribution in [0.3, 0.4) is 0 Å². The van der Waals surface area contributed by atoms with E-state index in [9.17, 15) is 0 Å². The van der Waals surface area contributed by atoms with E-state index in [1.807, 2.05) is 31.2 Å². The van der Waals surface area contributed by atoms with E-state index in [-0.39, 0.29) is 6.04 Å². The van der Waals surface area contributed by atoms with Crippen molar-refractivity contribution < 1.29 is 9.47 Å². The molecule has 0 amide bonds. The summed E-state index contributed by atoms with van der Waals surface area (Å²) in [5.74, 6) is 1.92. The summed E-state index contributed by atoms with van der Waals surface area (Å²) in [6, 6.07) is 14.3. The molecule has 2 aromatic carbocycles. The summed E-state index contributed by atoms with van der Waals surface area (Å²) in [5, 5.41) is 0.759. The van der Waals surface area contributed by atoms with Crippen molar-refractivity contribution in [3.8, 4) is 5.75 Å². The van der Waals surface area contributed by atoms with Gasteiger partial charge in [0.15, 0.2) is 0 Å². The van der Waals surface area contributed by atoms with Crippen molar-refractivity contribution in [1.29, 1.82) is 0 Å². The number of benzene rings is 2. The van der Waals surface area contributed by atoms with Gasteiger partial charge in [-0.25, -0.2) is 4.98 Å². The van der Waals surface area contributed by atoms with Gasteiger partial charge in [-0.1, -0.05) is 23.7 Å². The van der Waals surface area contributed by atoms with E-state index >= 15 is 0 Å². The largest absolute Gasteiger partial charge is 0.492 e. The molecule has 28 heavy (non-hydrogen) atoms. The molecule has 0 spiro atoms. The maximum atomic E-state index is 6.11. The molecule has 4 rings (SSSR count). The third-order valence-corrected chi connectivity index (χ3v) is 5.79. The third-order valence-electron chi connectivity index (χ3n) is 5.36. The summed E-state index contributed by atoms with van der Waals surface area (Å²) < 4.78 is 13.8. The minimum atomic E-state index is 0.231. The number of aryl methyl sites for hydroxylation is 1. The Morgan fingerprint density at radius 1 is 1.18 bits per heavy atom. The molecule has 0 N–H and O–H groups in total. The standard InChI is InChI=1S/C22H26ClN3O2/c1-16-15-18(7-8-19(16)23)28-14-11-26-21-6-4-3-5-20(21)24-22(26)17(2)25-9-12-27-13-10-25/h3-8,15,17H,9-14H2,1-2H3. The number of nitrogens with zero attached hydrogens (tertiary/aromatic N) is 3. The molecule has 1 aliphatic rings. The first kappa shape index (κ1) is 19.2. The van der Waals surface area contributed by atoms with Gasteiger partial charge in [-0.3, -0.25) is 4.90 Å². The fourth-order valence-electron chi connectivity index (χ4n) is 3.74. The first-order chi connectivity index (χ1) is 13.6. The molecule has 5 nitrogen and oxygen atoms in total. The normalized spacial score (nSPS) is 16.4. The van der Waals surface area contributed by atoms with Crippen LogP contribution in [0.5, 0.6) is 5.75 Å². The topological polar surface area (TPSA) is 39.5 Å². The van der Waals surface area contributed by atoms with Crippen molar-refractivity contribution >= 4 is 22.6 Å². The van der Waals surface area contributed by atoms with E-state index in [2.05, 4.69) is 34.6 Å². The fraction of sp³-hybridized carbons (Fsp3) is 0.409. The van der Waals surface area contributed by atoms with Crippen LogP contribution in [0.1, 0.15) is 24.4 Å². The Balaban J connectivity index is 1.55. The van der Waals surface area contributed by atoms with E-state index < -0.39 is 0 Å². The average Bonchev–Trinajstić information content (AvgIpc) is 3.09. The second-order valence-electron chi connectivity index (χ2n) is 7.19. The van der Waals surface area contributed by atoms with E-state index in [0.717, 1.165) is 66.0 Å². The van der Waals surface area contributed by atoms with Crippen LogP contribution < -0.4 is 4.74 Å². The molecule has 1 saturated heterocycles. The van der Waals surface area contributed by atoms with Gasteiger partial charge in [-0.2, -0.15) is 0 Å².